The summed E-state index contributed by atoms with van der Waals surface area (Å²) in [7, 11) is 0. The lowest BCUT2D eigenvalue weighted by Crippen LogP contribution is -2.46. The van der Waals surface area contributed by atoms with Crippen LogP contribution in [0.3, 0.4) is 0 Å². The fourth-order valence-corrected chi connectivity index (χ4v) is 4.27. The molecule has 3 fully saturated rings. The second-order valence-electron chi connectivity index (χ2n) is 7.53. The molecule has 0 bridgehead atoms. The minimum atomic E-state index is 0.795. The van der Waals surface area contributed by atoms with E-state index in [1.54, 1.807) is 0 Å². The van der Waals surface area contributed by atoms with Gasteiger partial charge in [0.25, 0.3) is 0 Å². The first kappa shape index (κ1) is 13.9. The molecule has 19 heavy (non-hydrogen) atoms. The average Bonchev–Trinajstić information content (AvgIpc) is 3.13. The molecule has 0 radical (unpaired) electrons. The van der Waals surface area contributed by atoms with Gasteiger partial charge in [-0.05, 0) is 69.7 Å². The second-order valence-corrected chi connectivity index (χ2v) is 7.53. The molecule has 1 N–H and O–H groups in total. The Balaban J connectivity index is 1.52. The number of nitrogens with one attached hydrogen (secondary N) is 1. The molecule has 3 aliphatic rings. The van der Waals surface area contributed by atoms with E-state index in [0.717, 1.165) is 30.0 Å². The summed E-state index contributed by atoms with van der Waals surface area (Å²) < 4.78 is 0. The Kier molecular flexibility index (Phi) is 4.48. The van der Waals surface area contributed by atoms with E-state index in [4.69, 9.17) is 0 Å². The van der Waals surface area contributed by atoms with Gasteiger partial charge < -0.3 is 5.32 Å². The number of nitrogens with zero attached hydrogens (tertiary/aromatic N) is 1. The minimum absolute atomic E-state index is 0.795. The molecule has 110 valence electrons. The Labute approximate surface area is 119 Å². The van der Waals surface area contributed by atoms with Crippen LogP contribution in [0.25, 0.3) is 0 Å². The Morgan fingerprint density at radius 3 is 2.05 bits per heavy atom. The SMILES string of the molecule is CC(C)C1CCC(N(CC2CCCN2)C2CC2)CC1. The summed E-state index contributed by atoms with van der Waals surface area (Å²) >= 11 is 0. The van der Waals surface area contributed by atoms with Crippen molar-refractivity contribution in [1.29, 1.82) is 0 Å². The maximum absolute atomic E-state index is 3.69. The zero-order valence-corrected chi connectivity index (χ0v) is 12.9. The topological polar surface area (TPSA) is 15.3 Å². The van der Waals surface area contributed by atoms with Gasteiger partial charge in [0.2, 0.25) is 0 Å². The van der Waals surface area contributed by atoms with Crippen molar-refractivity contribution in [2.75, 3.05) is 13.1 Å². The van der Waals surface area contributed by atoms with E-state index in [2.05, 4.69) is 24.1 Å². The summed E-state index contributed by atoms with van der Waals surface area (Å²) in [5.74, 6) is 1.90. The Hall–Kier alpha value is -0.0800. The van der Waals surface area contributed by atoms with Gasteiger partial charge in [-0.1, -0.05) is 13.8 Å². The summed E-state index contributed by atoms with van der Waals surface area (Å²) in [5.41, 5.74) is 0. The molecule has 1 heterocycles. The lowest BCUT2D eigenvalue weighted by Gasteiger charge is -2.39. The van der Waals surface area contributed by atoms with Gasteiger partial charge in [-0.15, -0.1) is 0 Å². The van der Waals surface area contributed by atoms with Gasteiger partial charge in [0.05, 0.1) is 0 Å². The summed E-state index contributed by atoms with van der Waals surface area (Å²) in [4.78, 5) is 2.90. The fraction of sp³-hybridized carbons (Fsp3) is 1.00. The predicted octanol–water partition coefficient (Wildman–Crippen LogP) is 3.42. The van der Waals surface area contributed by atoms with Crippen molar-refractivity contribution in [1.82, 2.24) is 10.2 Å². The average molecular weight is 264 g/mol. The summed E-state index contributed by atoms with van der Waals surface area (Å²) in [6, 6.07) is 2.65. The van der Waals surface area contributed by atoms with Crippen LogP contribution in [0.2, 0.25) is 0 Å². The zero-order chi connectivity index (χ0) is 13.2. The smallest absolute Gasteiger partial charge is 0.0195 e. The van der Waals surface area contributed by atoms with E-state index in [9.17, 15) is 0 Å². The zero-order valence-electron chi connectivity index (χ0n) is 12.9. The lowest BCUT2D eigenvalue weighted by atomic mass is 9.79. The number of hydrogen-bond donors (Lipinski definition) is 1. The number of rotatable bonds is 5. The predicted molar refractivity (Wildman–Crippen MR) is 81.3 cm³/mol. The third-order valence-electron chi connectivity index (χ3n) is 5.76. The van der Waals surface area contributed by atoms with E-state index in [-0.39, 0.29) is 0 Å². The molecule has 1 aliphatic heterocycles. The van der Waals surface area contributed by atoms with Crippen LogP contribution in [-0.4, -0.2) is 36.1 Å². The molecule has 1 saturated heterocycles. The molecule has 2 nitrogen and oxygen atoms in total. The van der Waals surface area contributed by atoms with Crippen molar-refractivity contribution < 1.29 is 0 Å². The van der Waals surface area contributed by atoms with Crippen LogP contribution in [0.15, 0.2) is 0 Å². The summed E-state index contributed by atoms with van der Waals surface area (Å²) in [5, 5.41) is 3.69. The highest BCUT2D eigenvalue weighted by molar-refractivity contribution is 4.93. The van der Waals surface area contributed by atoms with Gasteiger partial charge in [-0.25, -0.2) is 0 Å². The first-order chi connectivity index (χ1) is 9.24. The van der Waals surface area contributed by atoms with Gasteiger partial charge in [0.15, 0.2) is 0 Å². The van der Waals surface area contributed by atoms with Gasteiger partial charge in [-0.3, -0.25) is 4.90 Å². The van der Waals surface area contributed by atoms with Crippen LogP contribution in [0, 0.1) is 11.8 Å². The number of hydrogen-bond acceptors (Lipinski definition) is 2. The molecule has 3 rings (SSSR count). The second kappa shape index (κ2) is 6.13. The Bertz CT molecular complexity index is 271. The van der Waals surface area contributed by atoms with E-state index < -0.39 is 0 Å². The highest BCUT2D eigenvalue weighted by atomic mass is 15.2. The first-order valence-electron chi connectivity index (χ1n) is 8.73. The molecule has 0 amide bonds. The van der Waals surface area contributed by atoms with Crippen LogP contribution < -0.4 is 5.32 Å². The quantitative estimate of drug-likeness (QED) is 0.818. The molecule has 0 aromatic carbocycles. The molecule has 1 atom stereocenters. The molecule has 0 aromatic rings. The van der Waals surface area contributed by atoms with Crippen LogP contribution >= 0.6 is 0 Å². The normalized spacial score (nSPS) is 36.3. The van der Waals surface area contributed by atoms with Crippen molar-refractivity contribution in [2.24, 2.45) is 11.8 Å². The largest absolute Gasteiger partial charge is 0.313 e. The van der Waals surface area contributed by atoms with Crippen LogP contribution in [0.1, 0.15) is 65.2 Å². The first-order valence-corrected chi connectivity index (χ1v) is 8.73. The molecule has 2 aliphatic carbocycles. The molecule has 2 heteroatoms. The molecular weight excluding hydrogens is 232 g/mol. The molecule has 2 saturated carbocycles. The van der Waals surface area contributed by atoms with E-state index >= 15 is 0 Å². The van der Waals surface area contributed by atoms with Crippen LogP contribution in [0.4, 0.5) is 0 Å². The molecular formula is C17H32N2. The van der Waals surface area contributed by atoms with Crippen molar-refractivity contribution in [3.63, 3.8) is 0 Å². The minimum Gasteiger partial charge on any atom is -0.313 e. The van der Waals surface area contributed by atoms with E-state index in [0.29, 0.717) is 0 Å². The van der Waals surface area contributed by atoms with Gasteiger partial charge in [0, 0.05) is 24.7 Å². The Morgan fingerprint density at radius 1 is 0.947 bits per heavy atom. The monoisotopic (exact) mass is 264 g/mol. The highest BCUT2D eigenvalue weighted by Gasteiger charge is 2.37. The summed E-state index contributed by atoms with van der Waals surface area (Å²) in [6.45, 7) is 7.41. The molecule has 1 unspecified atom stereocenters. The van der Waals surface area contributed by atoms with Gasteiger partial charge >= 0.3 is 0 Å². The van der Waals surface area contributed by atoms with Gasteiger partial charge in [0.1, 0.15) is 0 Å². The maximum Gasteiger partial charge on any atom is 0.0195 e. The standard InChI is InChI=1S/C17H32N2/c1-13(2)14-5-7-16(8-6-14)19(17-9-10-17)12-15-4-3-11-18-15/h13-18H,3-12H2,1-2H3. The maximum atomic E-state index is 3.69. The van der Waals surface area contributed by atoms with Gasteiger partial charge in [-0.2, -0.15) is 0 Å². The highest BCUT2D eigenvalue weighted by Crippen LogP contribution is 2.37. The molecule has 0 spiro atoms. The van der Waals surface area contributed by atoms with Crippen LogP contribution in [-0.2, 0) is 0 Å². The van der Waals surface area contributed by atoms with Crippen molar-refractivity contribution >= 4 is 0 Å². The van der Waals surface area contributed by atoms with E-state index in [1.165, 1.54) is 64.5 Å². The van der Waals surface area contributed by atoms with E-state index in [1.807, 2.05) is 0 Å². The van der Waals surface area contributed by atoms with Crippen molar-refractivity contribution in [2.45, 2.75) is 83.3 Å². The molecule has 0 aromatic heterocycles. The summed E-state index contributed by atoms with van der Waals surface area (Å²) in [6.07, 6.45) is 11.6. The van der Waals surface area contributed by atoms with Crippen molar-refractivity contribution in [3.05, 3.63) is 0 Å². The third-order valence-corrected chi connectivity index (χ3v) is 5.76. The Morgan fingerprint density at radius 2 is 1.58 bits per heavy atom. The fourth-order valence-electron chi connectivity index (χ4n) is 4.27. The van der Waals surface area contributed by atoms with Crippen molar-refractivity contribution in [3.8, 4) is 0 Å². The third kappa shape index (κ3) is 3.52. The van der Waals surface area contributed by atoms with Crippen LogP contribution in [0.5, 0.6) is 0 Å². The lowest BCUT2D eigenvalue weighted by molar-refractivity contribution is 0.107.